The standard InChI is InChI=1S/C12H13ClOSi/c1-15(2,13)14-12-9-5-7-10-6-3-4-8-11(10)12/h3-9H,1-2H3. The quantitative estimate of drug-likeness (QED) is 0.562. The Morgan fingerprint density at radius 2 is 1.67 bits per heavy atom. The van der Waals surface area contributed by atoms with Crippen LogP contribution in [-0.4, -0.2) is 7.63 Å². The molecule has 2 aromatic rings. The van der Waals surface area contributed by atoms with Gasteiger partial charge >= 0.3 is 7.63 Å². The Morgan fingerprint density at radius 1 is 1.00 bits per heavy atom. The van der Waals surface area contributed by atoms with Crippen molar-refractivity contribution in [2.45, 2.75) is 13.1 Å². The van der Waals surface area contributed by atoms with Gasteiger partial charge in [0.15, 0.2) is 0 Å². The van der Waals surface area contributed by atoms with E-state index in [0.717, 1.165) is 11.1 Å². The van der Waals surface area contributed by atoms with Crippen molar-refractivity contribution in [2.75, 3.05) is 0 Å². The van der Waals surface area contributed by atoms with E-state index in [9.17, 15) is 0 Å². The van der Waals surface area contributed by atoms with Gasteiger partial charge in [0, 0.05) is 5.39 Å². The van der Waals surface area contributed by atoms with Gasteiger partial charge in [-0.25, -0.2) is 0 Å². The van der Waals surface area contributed by atoms with Crippen molar-refractivity contribution in [1.82, 2.24) is 0 Å². The molecule has 0 radical (unpaired) electrons. The maximum absolute atomic E-state index is 6.18. The molecule has 0 aliphatic carbocycles. The summed E-state index contributed by atoms with van der Waals surface area (Å²) in [6.45, 7) is 3.94. The first-order valence-electron chi connectivity index (χ1n) is 4.92. The van der Waals surface area contributed by atoms with Crippen molar-refractivity contribution < 1.29 is 4.43 Å². The molecule has 0 bridgehead atoms. The van der Waals surface area contributed by atoms with Crippen LogP contribution in [0.5, 0.6) is 5.75 Å². The zero-order valence-electron chi connectivity index (χ0n) is 8.83. The van der Waals surface area contributed by atoms with E-state index in [1.807, 2.05) is 37.4 Å². The lowest BCUT2D eigenvalue weighted by Crippen LogP contribution is -2.26. The molecular weight excluding hydrogens is 224 g/mol. The summed E-state index contributed by atoms with van der Waals surface area (Å²) in [5.41, 5.74) is 0. The van der Waals surface area contributed by atoms with E-state index < -0.39 is 7.63 Å². The van der Waals surface area contributed by atoms with Gasteiger partial charge in [0.05, 0.1) is 0 Å². The predicted molar refractivity (Wildman–Crippen MR) is 67.9 cm³/mol. The predicted octanol–water partition coefficient (Wildman–Crippen LogP) is 4.16. The molecule has 0 atom stereocenters. The van der Waals surface area contributed by atoms with Crippen LogP contribution in [0.3, 0.4) is 0 Å². The summed E-state index contributed by atoms with van der Waals surface area (Å²) in [5, 5.41) is 2.31. The summed E-state index contributed by atoms with van der Waals surface area (Å²) in [4.78, 5) is 0. The van der Waals surface area contributed by atoms with Gasteiger partial charge in [0.25, 0.3) is 0 Å². The molecule has 0 unspecified atom stereocenters. The van der Waals surface area contributed by atoms with E-state index in [-0.39, 0.29) is 0 Å². The van der Waals surface area contributed by atoms with E-state index in [4.69, 9.17) is 15.5 Å². The van der Waals surface area contributed by atoms with E-state index in [1.54, 1.807) is 0 Å². The first kappa shape index (κ1) is 10.5. The fourth-order valence-corrected chi connectivity index (χ4v) is 2.50. The zero-order chi connectivity index (χ0) is 10.9. The van der Waals surface area contributed by atoms with Crippen LogP contribution in [0.2, 0.25) is 13.1 Å². The second kappa shape index (κ2) is 3.87. The molecule has 0 N–H and O–H groups in total. The first-order chi connectivity index (χ1) is 7.06. The zero-order valence-corrected chi connectivity index (χ0v) is 10.6. The normalized spacial score (nSPS) is 11.7. The third-order valence-corrected chi connectivity index (χ3v) is 3.04. The van der Waals surface area contributed by atoms with E-state index in [2.05, 4.69) is 18.2 Å². The minimum absolute atomic E-state index is 0.889. The summed E-state index contributed by atoms with van der Waals surface area (Å²) in [5.74, 6) is 0.889. The number of halogens is 1. The van der Waals surface area contributed by atoms with Gasteiger partial charge in [-0.15, -0.1) is 11.1 Å². The molecule has 1 nitrogen and oxygen atoms in total. The van der Waals surface area contributed by atoms with Crippen molar-refractivity contribution in [3.63, 3.8) is 0 Å². The molecule has 0 saturated carbocycles. The molecule has 0 heterocycles. The molecule has 0 spiro atoms. The van der Waals surface area contributed by atoms with Crippen molar-refractivity contribution in [1.29, 1.82) is 0 Å². The molecular formula is C12H13ClOSi. The molecule has 15 heavy (non-hydrogen) atoms. The van der Waals surface area contributed by atoms with E-state index in [0.29, 0.717) is 0 Å². The number of hydrogen-bond acceptors (Lipinski definition) is 1. The molecule has 0 aromatic heterocycles. The average molecular weight is 237 g/mol. The van der Waals surface area contributed by atoms with Crippen molar-refractivity contribution in [3.05, 3.63) is 42.5 Å². The van der Waals surface area contributed by atoms with Crippen molar-refractivity contribution in [3.8, 4) is 5.75 Å². The highest BCUT2D eigenvalue weighted by molar-refractivity contribution is 7.15. The van der Waals surface area contributed by atoms with Gasteiger partial charge in [0.2, 0.25) is 0 Å². The fraction of sp³-hybridized carbons (Fsp3) is 0.167. The smallest absolute Gasteiger partial charge is 0.341 e. The Bertz CT molecular complexity index is 471. The second-order valence-corrected chi connectivity index (χ2v) is 9.60. The lowest BCUT2D eigenvalue weighted by molar-refractivity contribution is 0.579. The highest BCUT2D eigenvalue weighted by Crippen LogP contribution is 2.28. The Morgan fingerprint density at radius 3 is 2.40 bits per heavy atom. The summed E-state index contributed by atoms with van der Waals surface area (Å²) < 4.78 is 5.82. The fourth-order valence-electron chi connectivity index (χ4n) is 1.55. The van der Waals surface area contributed by atoms with Crippen LogP contribution >= 0.6 is 11.1 Å². The van der Waals surface area contributed by atoms with Crippen LogP contribution in [0.25, 0.3) is 10.8 Å². The molecule has 3 heteroatoms. The monoisotopic (exact) mass is 236 g/mol. The van der Waals surface area contributed by atoms with E-state index >= 15 is 0 Å². The van der Waals surface area contributed by atoms with Crippen LogP contribution < -0.4 is 4.43 Å². The highest BCUT2D eigenvalue weighted by Gasteiger charge is 2.21. The first-order valence-corrected chi connectivity index (χ1v) is 8.84. The number of fused-ring (bicyclic) bond motifs is 1. The summed E-state index contributed by atoms with van der Waals surface area (Å²) in [6.07, 6.45) is 0. The van der Waals surface area contributed by atoms with E-state index in [1.165, 1.54) is 5.39 Å². The summed E-state index contributed by atoms with van der Waals surface area (Å²) >= 11 is 6.18. The van der Waals surface area contributed by atoms with Crippen LogP contribution in [0.4, 0.5) is 0 Å². The van der Waals surface area contributed by atoms with Crippen LogP contribution in [-0.2, 0) is 0 Å². The van der Waals surface area contributed by atoms with Crippen LogP contribution in [0, 0.1) is 0 Å². The van der Waals surface area contributed by atoms with Gasteiger partial charge in [-0.05, 0) is 24.5 Å². The van der Waals surface area contributed by atoms with Crippen LogP contribution in [0.15, 0.2) is 42.5 Å². The van der Waals surface area contributed by atoms with Gasteiger partial charge in [-0.3, -0.25) is 0 Å². The molecule has 0 fully saturated rings. The molecule has 2 rings (SSSR count). The number of benzene rings is 2. The SMILES string of the molecule is C[Si](C)(Cl)Oc1cccc2ccccc12. The molecule has 0 aliphatic rings. The number of hydrogen-bond donors (Lipinski definition) is 0. The lowest BCUT2D eigenvalue weighted by Gasteiger charge is -2.17. The summed E-state index contributed by atoms with van der Waals surface area (Å²) in [7, 11) is -2.04. The topological polar surface area (TPSA) is 9.23 Å². The van der Waals surface area contributed by atoms with Crippen molar-refractivity contribution >= 4 is 29.5 Å². The Labute approximate surface area is 95.5 Å². The minimum atomic E-state index is -2.04. The van der Waals surface area contributed by atoms with Crippen LogP contribution in [0.1, 0.15) is 0 Å². The highest BCUT2D eigenvalue weighted by atomic mass is 35.6. The lowest BCUT2D eigenvalue weighted by atomic mass is 10.1. The third kappa shape index (κ3) is 2.52. The van der Waals surface area contributed by atoms with Gasteiger partial charge in [0.1, 0.15) is 5.75 Å². The average Bonchev–Trinajstić information content (AvgIpc) is 2.16. The van der Waals surface area contributed by atoms with Gasteiger partial charge < -0.3 is 4.43 Å². The minimum Gasteiger partial charge on any atom is -0.529 e. The summed E-state index contributed by atoms with van der Waals surface area (Å²) in [6, 6.07) is 14.2. The third-order valence-electron chi connectivity index (χ3n) is 2.10. The van der Waals surface area contributed by atoms with Crippen molar-refractivity contribution in [2.24, 2.45) is 0 Å². The Kier molecular flexibility index (Phi) is 2.72. The molecule has 0 saturated heterocycles. The second-order valence-electron chi connectivity index (χ2n) is 3.94. The van der Waals surface area contributed by atoms with Gasteiger partial charge in [-0.2, -0.15) is 0 Å². The Balaban J connectivity index is 2.52. The largest absolute Gasteiger partial charge is 0.529 e. The maximum Gasteiger partial charge on any atom is 0.341 e. The molecule has 2 aromatic carbocycles. The number of rotatable bonds is 2. The maximum atomic E-state index is 6.18. The molecule has 0 amide bonds. The Hall–Kier alpha value is -0.993. The molecule has 0 aliphatic heterocycles. The van der Waals surface area contributed by atoms with Gasteiger partial charge in [-0.1, -0.05) is 36.4 Å². The molecule has 78 valence electrons.